The molecule has 25 heavy (non-hydrogen) atoms. The first-order chi connectivity index (χ1) is 11.7. The zero-order chi connectivity index (χ0) is 17.5. The summed E-state index contributed by atoms with van der Waals surface area (Å²) in [7, 11) is 0. The molecule has 1 heterocycles. The number of nitrogens with one attached hydrogen (secondary N) is 1. The van der Waals surface area contributed by atoms with Crippen molar-refractivity contribution in [2.75, 3.05) is 0 Å². The summed E-state index contributed by atoms with van der Waals surface area (Å²) in [4.78, 5) is 7.94. The molecule has 2 nitrogen and oxygen atoms in total. The van der Waals surface area contributed by atoms with Gasteiger partial charge in [0.15, 0.2) is 0 Å². The largest absolute Gasteiger partial charge is 0.346 e. The molecule has 0 amide bonds. The smallest absolute Gasteiger partial charge is 0.106 e. The average Bonchev–Trinajstić information content (AvgIpc) is 2.89. The Hall–Kier alpha value is -0.500. The third-order valence-electron chi connectivity index (χ3n) is 5.19. The summed E-state index contributed by atoms with van der Waals surface area (Å²) in [6.45, 7) is 6.49. The van der Waals surface area contributed by atoms with E-state index in [4.69, 9.17) is 0 Å². The van der Waals surface area contributed by atoms with E-state index in [1.165, 1.54) is 108 Å². The normalized spacial score (nSPS) is 10.8. The first kappa shape index (κ1) is 24.5. The quantitative estimate of drug-likeness (QED) is 0.294. The Morgan fingerprint density at radius 3 is 1.40 bits per heavy atom. The van der Waals surface area contributed by atoms with Gasteiger partial charge in [-0.2, -0.15) is 0 Å². The molecule has 0 atom stereocenters. The van der Waals surface area contributed by atoms with Gasteiger partial charge in [-0.3, -0.25) is 0 Å². The molecule has 0 aliphatic heterocycles. The van der Waals surface area contributed by atoms with Crippen molar-refractivity contribution in [1.29, 1.82) is 0 Å². The maximum Gasteiger partial charge on any atom is 0.106 e. The van der Waals surface area contributed by atoms with Crippen LogP contribution in [-0.2, 0) is 6.42 Å². The van der Waals surface area contributed by atoms with Crippen LogP contribution >= 0.6 is 12.4 Å². The topological polar surface area (TPSA) is 28.7 Å². The van der Waals surface area contributed by atoms with Gasteiger partial charge >= 0.3 is 0 Å². The number of hydrogen-bond acceptors (Lipinski definition) is 1. The molecule has 0 saturated heterocycles. The Morgan fingerprint density at radius 1 is 0.640 bits per heavy atom. The molecule has 0 aliphatic rings. The lowest BCUT2D eigenvalue weighted by Gasteiger charge is -2.03. The molecule has 0 bridgehead atoms. The Balaban J connectivity index is 0.00000576. The molecule has 1 N–H and O–H groups in total. The fraction of sp³-hybridized carbons (Fsp3) is 0.864. The summed E-state index contributed by atoms with van der Waals surface area (Å²) in [5.74, 6) is 1.18. The molecule has 0 spiro atoms. The number of halogens is 1. The number of nitrogens with zero attached hydrogens (tertiary/aromatic N) is 1. The van der Waals surface area contributed by atoms with Crippen LogP contribution < -0.4 is 0 Å². The third kappa shape index (κ3) is 13.4. The molecule has 0 saturated carbocycles. The first-order valence-corrected chi connectivity index (χ1v) is 10.8. The number of aryl methyl sites for hydroxylation is 3. The molecular weight excluding hydrogens is 328 g/mol. The van der Waals surface area contributed by atoms with Crippen molar-refractivity contribution in [3.05, 3.63) is 17.2 Å². The van der Waals surface area contributed by atoms with Crippen molar-refractivity contribution in [3.63, 3.8) is 0 Å². The monoisotopic (exact) mass is 370 g/mol. The van der Waals surface area contributed by atoms with Gasteiger partial charge in [-0.25, -0.2) is 4.98 Å². The highest BCUT2D eigenvalue weighted by molar-refractivity contribution is 5.85. The van der Waals surface area contributed by atoms with E-state index in [-0.39, 0.29) is 12.4 Å². The van der Waals surface area contributed by atoms with Crippen LogP contribution in [0.3, 0.4) is 0 Å². The van der Waals surface area contributed by atoms with Crippen LogP contribution in [0.15, 0.2) is 0 Å². The van der Waals surface area contributed by atoms with E-state index in [2.05, 4.69) is 30.7 Å². The first-order valence-electron chi connectivity index (χ1n) is 10.8. The molecular formula is C22H43ClN2. The van der Waals surface area contributed by atoms with Gasteiger partial charge in [-0.1, -0.05) is 96.8 Å². The lowest BCUT2D eigenvalue weighted by atomic mass is 10.0. The maximum atomic E-state index is 4.56. The zero-order valence-electron chi connectivity index (χ0n) is 17.2. The van der Waals surface area contributed by atoms with Crippen LogP contribution in [-0.4, -0.2) is 9.97 Å². The third-order valence-corrected chi connectivity index (χ3v) is 5.19. The second kappa shape index (κ2) is 16.9. The van der Waals surface area contributed by atoms with Crippen molar-refractivity contribution >= 4 is 12.4 Å². The van der Waals surface area contributed by atoms with Gasteiger partial charge in [-0.05, 0) is 20.3 Å². The Bertz CT molecular complexity index is 381. The lowest BCUT2D eigenvalue weighted by molar-refractivity contribution is 0.531. The Morgan fingerprint density at radius 2 is 1.04 bits per heavy atom. The van der Waals surface area contributed by atoms with E-state index in [0.717, 1.165) is 12.1 Å². The minimum Gasteiger partial charge on any atom is -0.346 e. The fourth-order valence-corrected chi connectivity index (χ4v) is 3.40. The van der Waals surface area contributed by atoms with Crippen LogP contribution in [0.1, 0.15) is 120 Å². The molecule has 0 aromatic carbocycles. The van der Waals surface area contributed by atoms with Crippen LogP contribution in [0.25, 0.3) is 0 Å². The molecule has 0 fully saturated rings. The summed E-state index contributed by atoms with van der Waals surface area (Å²) < 4.78 is 0. The predicted octanol–water partition coefficient (Wildman–Crippen LogP) is 7.86. The van der Waals surface area contributed by atoms with E-state index in [1.807, 2.05) is 0 Å². The second-order valence-corrected chi connectivity index (χ2v) is 7.59. The van der Waals surface area contributed by atoms with Gasteiger partial charge in [0, 0.05) is 12.1 Å². The predicted molar refractivity (Wildman–Crippen MR) is 114 cm³/mol. The second-order valence-electron chi connectivity index (χ2n) is 7.59. The van der Waals surface area contributed by atoms with Gasteiger partial charge in [-0.15, -0.1) is 12.4 Å². The highest BCUT2D eigenvalue weighted by atomic mass is 35.5. The molecule has 1 aromatic heterocycles. The maximum absolute atomic E-state index is 4.56. The van der Waals surface area contributed by atoms with E-state index in [0.29, 0.717) is 0 Å². The van der Waals surface area contributed by atoms with Crippen LogP contribution in [0.5, 0.6) is 0 Å². The van der Waals surface area contributed by atoms with Crippen molar-refractivity contribution in [2.45, 2.75) is 124 Å². The number of aromatic nitrogens is 2. The minimum atomic E-state index is 0. The fourth-order valence-electron chi connectivity index (χ4n) is 3.40. The van der Waals surface area contributed by atoms with Crippen molar-refractivity contribution < 1.29 is 0 Å². The molecule has 148 valence electrons. The number of hydrogen-bond donors (Lipinski definition) is 1. The SMILES string of the molecule is CCCCCCCCCCCCCCCCCc1nc(C)c(C)[nH]1.Cl. The number of rotatable bonds is 16. The van der Waals surface area contributed by atoms with Crippen molar-refractivity contribution in [3.8, 4) is 0 Å². The number of imidazole rings is 1. The average molecular weight is 371 g/mol. The lowest BCUT2D eigenvalue weighted by Crippen LogP contribution is -1.89. The summed E-state index contributed by atoms with van der Waals surface area (Å²) in [6.07, 6.45) is 22.5. The molecule has 0 radical (unpaired) electrons. The standard InChI is InChI=1S/C22H42N2.ClH/c1-4-5-6-7-8-9-10-11-12-13-14-15-16-17-18-19-22-23-20(2)21(3)24-22;/h4-19H2,1-3H3,(H,23,24);1H. The molecule has 0 aliphatic carbocycles. The molecule has 1 rings (SSSR count). The van der Waals surface area contributed by atoms with E-state index in [1.54, 1.807) is 0 Å². The van der Waals surface area contributed by atoms with Crippen molar-refractivity contribution in [2.24, 2.45) is 0 Å². The number of unbranched alkanes of at least 4 members (excludes halogenated alkanes) is 14. The van der Waals surface area contributed by atoms with E-state index < -0.39 is 0 Å². The molecule has 0 unspecified atom stereocenters. The number of aromatic amines is 1. The van der Waals surface area contributed by atoms with Gasteiger partial charge in [0.05, 0.1) is 5.69 Å². The van der Waals surface area contributed by atoms with E-state index >= 15 is 0 Å². The van der Waals surface area contributed by atoms with Gasteiger partial charge in [0.2, 0.25) is 0 Å². The van der Waals surface area contributed by atoms with E-state index in [9.17, 15) is 0 Å². The Kier molecular flexibility index (Phi) is 16.6. The summed E-state index contributed by atoms with van der Waals surface area (Å²) in [5.41, 5.74) is 2.39. The van der Waals surface area contributed by atoms with Gasteiger partial charge in [0.25, 0.3) is 0 Å². The minimum absolute atomic E-state index is 0. The van der Waals surface area contributed by atoms with Gasteiger partial charge in [0.1, 0.15) is 5.82 Å². The molecule has 1 aromatic rings. The van der Waals surface area contributed by atoms with Crippen LogP contribution in [0.2, 0.25) is 0 Å². The summed E-state index contributed by atoms with van der Waals surface area (Å²) in [6, 6.07) is 0. The highest BCUT2D eigenvalue weighted by Crippen LogP contribution is 2.14. The summed E-state index contributed by atoms with van der Waals surface area (Å²) >= 11 is 0. The summed E-state index contributed by atoms with van der Waals surface area (Å²) in [5, 5.41) is 0. The van der Waals surface area contributed by atoms with Crippen molar-refractivity contribution in [1.82, 2.24) is 9.97 Å². The highest BCUT2D eigenvalue weighted by Gasteiger charge is 2.01. The Labute approximate surface area is 163 Å². The van der Waals surface area contributed by atoms with Crippen LogP contribution in [0.4, 0.5) is 0 Å². The molecule has 3 heteroatoms. The number of H-pyrrole nitrogens is 1. The van der Waals surface area contributed by atoms with Gasteiger partial charge < -0.3 is 4.98 Å². The zero-order valence-corrected chi connectivity index (χ0v) is 18.0. The van der Waals surface area contributed by atoms with Crippen LogP contribution in [0, 0.1) is 13.8 Å².